The van der Waals surface area contributed by atoms with Crippen LogP contribution in [0.25, 0.3) is 0 Å². The third-order valence-electron chi connectivity index (χ3n) is 3.14. The molecule has 1 unspecified atom stereocenters. The van der Waals surface area contributed by atoms with Crippen molar-refractivity contribution in [1.29, 1.82) is 0 Å². The van der Waals surface area contributed by atoms with E-state index in [-0.39, 0.29) is 24.2 Å². The fourth-order valence-corrected chi connectivity index (χ4v) is 1.81. The molecule has 0 aliphatic carbocycles. The number of hydrogen-bond acceptors (Lipinski definition) is 3. The number of amides is 1. The zero-order valence-electron chi connectivity index (χ0n) is 10.8. The van der Waals surface area contributed by atoms with Gasteiger partial charge in [-0.25, -0.2) is 0 Å². The van der Waals surface area contributed by atoms with E-state index < -0.39 is 0 Å². The second-order valence-electron chi connectivity index (χ2n) is 5.17. The van der Waals surface area contributed by atoms with Crippen LogP contribution in [0.3, 0.4) is 0 Å². The predicted octanol–water partition coefficient (Wildman–Crippen LogP) is 0.916. The minimum Gasteiger partial charge on any atom is -0.363 e. The van der Waals surface area contributed by atoms with E-state index in [1.165, 1.54) is 0 Å². The van der Waals surface area contributed by atoms with Crippen LogP contribution >= 0.6 is 0 Å². The van der Waals surface area contributed by atoms with Crippen LogP contribution in [0.15, 0.2) is 0 Å². The maximum absolute atomic E-state index is 11.6. The van der Waals surface area contributed by atoms with Gasteiger partial charge in [0.05, 0.1) is 5.60 Å². The Labute approximate surface area is 98.1 Å². The molecule has 94 valence electrons. The molecular weight excluding hydrogens is 204 g/mol. The van der Waals surface area contributed by atoms with Crippen molar-refractivity contribution in [1.82, 2.24) is 10.6 Å². The first-order valence-corrected chi connectivity index (χ1v) is 6.11. The molecule has 1 amide bonds. The summed E-state index contributed by atoms with van der Waals surface area (Å²) in [7, 11) is 0. The van der Waals surface area contributed by atoms with Gasteiger partial charge in [0.15, 0.2) is 0 Å². The van der Waals surface area contributed by atoms with Gasteiger partial charge in [-0.15, -0.1) is 0 Å². The standard InChI is InChI=1S/C12H24N2O2/c1-5-10(9(2)3)14-11(15)6-16-12(4)7-13-8-12/h9-10,13H,5-8H2,1-4H3,(H,14,15). The van der Waals surface area contributed by atoms with E-state index in [9.17, 15) is 4.79 Å². The number of ether oxygens (including phenoxy) is 1. The van der Waals surface area contributed by atoms with Crippen molar-refractivity contribution in [2.75, 3.05) is 19.7 Å². The lowest BCUT2D eigenvalue weighted by Crippen LogP contribution is -2.59. The molecule has 0 aromatic carbocycles. The minimum absolute atomic E-state index is 0.00586. The summed E-state index contributed by atoms with van der Waals surface area (Å²) in [6.45, 7) is 10.2. The van der Waals surface area contributed by atoms with E-state index in [1.54, 1.807) is 0 Å². The smallest absolute Gasteiger partial charge is 0.246 e. The van der Waals surface area contributed by atoms with Crippen molar-refractivity contribution >= 4 is 5.91 Å². The summed E-state index contributed by atoms with van der Waals surface area (Å²) in [6, 6.07) is 0.253. The summed E-state index contributed by atoms with van der Waals surface area (Å²) in [5.41, 5.74) is -0.142. The Morgan fingerprint density at radius 2 is 2.12 bits per heavy atom. The quantitative estimate of drug-likeness (QED) is 0.710. The molecule has 0 aromatic heterocycles. The van der Waals surface area contributed by atoms with Gasteiger partial charge in [-0.3, -0.25) is 4.79 Å². The van der Waals surface area contributed by atoms with Crippen molar-refractivity contribution in [3.05, 3.63) is 0 Å². The highest BCUT2D eigenvalue weighted by molar-refractivity contribution is 5.77. The molecule has 1 atom stereocenters. The van der Waals surface area contributed by atoms with E-state index in [0.29, 0.717) is 5.92 Å². The zero-order valence-corrected chi connectivity index (χ0v) is 10.8. The average Bonchev–Trinajstić information content (AvgIpc) is 2.19. The fourth-order valence-electron chi connectivity index (χ4n) is 1.81. The first-order chi connectivity index (χ1) is 7.47. The maximum atomic E-state index is 11.6. The molecule has 1 heterocycles. The molecule has 1 aliphatic rings. The zero-order chi connectivity index (χ0) is 12.2. The Morgan fingerprint density at radius 3 is 2.50 bits per heavy atom. The molecule has 2 N–H and O–H groups in total. The maximum Gasteiger partial charge on any atom is 0.246 e. The molecule has 0 bridgehead atoms. The Morgan fingerprint density at radius 1 is 1.50 bits per heavy atom. The third-order valence-corrected chi connectivity index (χ3v) is 3.14. The Balaban J connectivity index is 2.24. The van der Waals surface area contributed by atoms with Crippen LogP contribution in [0.5, 0.6) is 0 Å². The fraction of sp³-hybridized carbons (Fsp3) is 0.917. The highest BCUT2D eigenvalue weighted by Gasteiger charge is 2.33. The van der Waals surface area contributed by atoms with Gasteiger partial charge in [0.1, 0.15) is 6.61 Å². The third kappa shape index (κ3) is 3.76. The van der Waals surface area contributed by atoms with Crippen LogP contribution in [0, 0.1) is 5.92 Å². The lowest BCUT2D eigenvalue weighted by atomic mass is 10.00. The summed E-state index contributed by atoms with van der Waals surface area (Å²) in [5.74, 6) is 0.462. The summed E-state index contributed by atoms with van der Waals surface area (Å²) in [6.07, 6.45) is 0.961. The molecule has 1 saturated heterocycles. The molecule has 1 aliphatic heterocycles. The normalized spacial score (nSPS) is 20.3. The van der Waals surface area contributed by atoms with Crippen LogP contribution in [0.1, 0.15) is 34.1 Å². The predicted molar refractivity (Wildman–Crippen MR) is 64.3 cm³/mol. The van der Waals surface area contributed by atoms with E-state index in [4.69, 9.17) is 4.74 Å². The molecule has 16 heavy (non-hydrogen) atoms. The lowest BCUT2D eigenvalue weighted by Gasteiger charge is -2.38. The molecule has 4 heteroatoms. The van der Waals surface area contributed by atoms with Gasteiger partial charge in [0.25, 0.3) is 0 Å². The summed E-state index contributed by atoms with van der Waals surface area (Å²) in [5, 5.41) is 6.14. The molecule has 0 aromatic rings. The van der Waals surface area contributed by atoms with Gasteiger partial charge in [-0.1, -0.05) is 20.8 Å². The number of hydrogen-bond donors (Lipinski definition) is 2. The topological polar surface area (TPSA) is 50.4 Å². The monoisotopic (exact) mass is 228 g/mol. The van der Waals surface area contributed by atoms with E-state index in [2.05, 4.69) is 31.4 Å². The Kier molecular flexibility index (Phi) is 4.74. The van der Waals surface area contributed by atoms with E-state index in [1.807, 2.05) is 6.92 Å². The van der Waals surface area contributed by atoms with Crippen molar-refractivity contribution in [3.8, 4) is 0 Å². The first kappa shape index (κ1) is 13.5. The number of rotatable bonds is 6. The van der Waals surface area contributed by atoms with Crippen LogP contribution in [0.2, 0.25) is 0 Å². The molecule has 0 spiro atoms. The summed E-state index contributed by atoms with van der Waals surface area (Å²) in [4.78, 5) is 11.6. The van der Waals surface area contributed by atoms with Crippen molar-refractivity contribution in [3.63, 3.8) is 0 Å². The summed E-state index contributed by atoms with van der Waals surface area (Å²) < 4.78 is 5.58. The van der Waals surface area contributed by atoms with Gasteiger partial charge in [-0.05, 0) is 19.3 Å². The lowest BCUT2D eigenvalue weighted by molar-refractivity contribution is -0.136. The highest BCUT2D eigenvalue weighted by Crippen LogP contribution is 2.14. The first-order valence-electron chi connectivity index (χ1n) is 6.11. The van der Waals surface area contributed by atoms with Crippen molar-refractivity contribution in [2.45, 2.75) is 45.8 Å². The van der Waals surface area contributed by atoms with E-state index in [0.717, 1.165) is 19.5 Å². The Hall–Kier alpha value is -0.610. The largest absolute Gasteiger partial charge is 0.363 e. The SMILES string of the molecule is CCC(NC(=O)COC1(C)CNC1)C(C)C. The second-order valence-corrected chi connectivity index (χ2v) is 5.17. The van der Waals surface area contributed by atoms with Crippen LogP contribution in [-0.4, -0.2) is 37.2 Å². The van der Waals surface area contributed by atoms with E-state index >= 15 is 0 Å². The number of carbonyl (C=O) groups is 1. The molecular formula is C12H24N2O2. The van der Waals surface area contributed by atoms with Crippen molar-refractivity contribution in [2.24, 2.45) is 5.92 Å². The molecule has 1 fully saturated rings. The van der Waals surface area contributed by atoms with Gasteiger partial charge in [-0.2, -0.15) is 0 Å². The minimum atomic E-state index is -0.142. The molecule has 1 rings (SSSR count). The molecule has 0 saturated carbocycles. The Bertz CT molecular complexity index is 237. The molecule has 0 radical (unpaired) electrons. The van der Waals surface area contributed by atoms with Crippen molar-refractivity contribution < 1.29 is 9.53 Å². The summed E-state index contributed by atoms with van der Waals surface area (Å²) >= 11 is 0. The average molecular weight is 228 g/mol. The van der Waals surface area contributed by atoms with Gasteiger partial charge < -0.3 is 15.4 Å². The highest BCUT2D eigenvalue weighted by atomic mass is 16.5. The second kappa shape index (κ2) is 5.64. The van der Waals surface area contributed by atoms with Crippen LogP contribution in [-0.2, 0) is 9.53 Å². The molecule has 4 nitrogen and oxygen atoms in total. The van der Waals surface area contributed by atoms with Crippen LogP contribution in [0.4, 0.5) is 0 Å². The van der Waals surface area contributed by atoms with Gasteiger partial charge >= 0.3 is 0 Å². The number of carbonyl (C=O) groups excluding carboxylic acids is 1. The van der Waals surface area contributed by atoms with Gasteiger partial charge in [0.2, 0.25) is 5.91 Å². The van der Waals surface area contributed by atoms with Gasteiger partial charge in [0, 0.05) is 19.1 Å². The van der Waals surface area contributed by atoms with Crippen LogP contribution < -0.4 is 10.6 Å². The number of nitrogens with one attached hydrogen (secondary N) is 2.